The van der Waals surface area contributed by atoms with Crippen LogP contribution < -0.4 is 5.32 Å². The molecule has 0 heterocycles. The first-order valence-electron chi connectivity index (χ1n) is 19.2. The summed E-state index contributed by atoms with van der Waals surface area (Å²) in [6.07, 6.45) is 33.4. The van der Waals surface area contributed by atoms with Gasteiger partial charge >= 0.3 is 7.82 Å². The lowest BCUT2D eigenvalue weighted by Crippen LogP contribution is -2.46. The van der Waals surface area contributed by atoms with Crippen LogP contribution in [-0.2, 0) is 18.4 Å². The number of carbonyl (C=O) groups excluding carboxylic acids is 1. The number of unbranched alkanes of at least 4 members (excludes halogenated alkanes) is 17. The van der Waals surface area contributed by atoms with Gasteiger partial charge in [0, 0.05) is 6.42 Å². The first kappa shape index (κ1) is 46.0. The van der Waals surface area contributed by atoms with Crippen molar-refractivity contribution in [3.8, 4) is 0 Å². The Morgan fingerprint density at radius 3 is 1.79 bits per heavy atom. The zero-order chi connectivity index (χ0) is 35.1. The molecule has 0 aliphatic rings. The topological polar surface area (TPSA) is 105 Å². The van der Waals surface area contributed by atoms with Crippen LogP contribution in [0, 0.1) is 0 Å². The van der Waals surface area contributed by atoms with Crippen LogP contribution in [0.1, 0.15) is 162 Å². The van der Waals surface area contributed by atoms with Crippen LogP contribution in [-0.4, -0.2) is 73.4 Å². The van der Waals surface area contributed by atoms with Crippen LogP contribution in [0.4, 0.5) is 0 Å². The highest BCUT2D eigenvalue weighted by molar-refractivity contribution is 7.47. The van der Waals surface area contributed by atoms with Crippen molar-refractivity contribution < 1.29 is 32.9 Å². The average Bonchev–Trinajstić information content (AvgIpc) is 3.01. The van der Waals surface area contributed by atoms with Gasteiger partial charge in [0.25, 0.3) is 0 Å². The van der Waals surface area contributed by atoms with Gasteiger partial charge in [-0.2, -0.15) is 0 Å². The number of amides is 1. The molecule has 0 bridgehead atoms. The number of nitrogens with one attached hydrogen (secondary N) is 1. The SMILES string of the molecule is CCCCC/C=C\C/C=C\CCCCCCCC(=O)NC(COP(=O)(O)OCC[N+](C)(C)C)C(O)CCCCCCCCCCCC. The van der Waals surface area contributed by atoms with E-state index in [4.69, 9.17) is 9.05 Å². The molecule has 0 rings (SSSR count). The minimum Gasteiger partial charge on any atom is -0.391 e. The van der Waals surface area contributed by atoms with Crippen molar-refractivity contribution in [1.82, 2.24) is 5.32 Å². The van der Waals surface area contributed by atoms with Crippen molar-refractivity contribution in [3.63, 3.8) is 0 Å². The molecule has 0 saturated carbocycles. The van der Waals surface area contributed by atoms with E-state index in [1.807, 2.05) is 21.1 Å². The molecule has 0 aromatic heterocycles. The van der Waals surface area contributed by atoms with Crippen LogP contribution in [0.3, 0.4) is 0 Å². The van der Waals surface area contributed by atoms with Gasteiger partial charge in [0.2, 0.25) is 5.91 Å². The van der Waals surface area contributed by atoms with Crippen molar-refractivity contribution in [2.24, 2.45) is 0 Å². The van der Waals surface area contributed by atoms with Gasteiger partial charge in [0.15, 0.2) is 0 Å². The van der Waals surface area contributed by atoms with E-state index in [1.54, 1.807) is 0 Å². The Morgan fingerprint density at radius 2 is 1.21 bits per heavy atom. The maximum atomic E-state index is 12.8. The average molecular weight is 688 g/mol. The van der Waals surface area contributed by atoms with Crippen molar-refractivity contribution in [3.05, 3.63) is 24.3 Å². The van der Waals surface area contributed by atoms with Crippen LogP contribution in [0.2, 0.25) is 0 Å². The lowest BCUT2D eigenvalue weighted by molar-refractivity contribution is -0.870. The summed E-state index contributed by atoms with van der Waals surface area (Å²) in [4.78, 5) is 23.0. The Labute approximate surface area is 290 Å². The molecule has 0 spiro atoms. The highest BCUT2D eigenvalue weighted by atomic mass is 31.2. The van der Waals surface area contributed by atoms with Crippen LogP contribution in [0.15, 0.2) is 24.3 Å². The third-order valence-electron chi connectivity index (χ3n) is 8.45. The van der Waals surface area contributed by atoms with E-state index in [2.05, 4.69) is 43.5 Å². The Hall–Kier alpha value is -1.02. The molecular formula is C38H76N2O6P+. The predicted octanol–water partition coefficient (Wildman–Crippen LogP) is 9.80. The molecule has 0 radical (unpaired) electrons. The maximum Gasteiger partial charge on any atom is 0.472 e. The molecule has 0 aromatic rings. The molecule has 3 atom stereocenters. The largest absolute Gasteiger partial charge is 0.472 e. The number of allylic oxidation sites excluding steroid dienone is 4. The summed E-state index contributed by atoms with van der Waals surface area (Å²) in [6, 6.07) is -0.762. The zero-order valence-electron chi connectivity index (χ0n) is 31.3. The molecular weight excluding hydrogens is 611 g/mol. The third kappa shape index (κ3) is 33.3. The maximum absolute atomic E-state index is 12.8. The van der Waals surface area contributed by atoms with Gasteiger partial charge in [0.1, 0.15) is 13.2 Å². The van der Waals surface area contributed by atoms with Gasteiger partial charge in [0.05, 0.1) is 39.9 Å². The smallest absolute Gasteiger partial charge is 0.391 e. The number of phosphoric acid groups is 1. The monoisotopic (exact) mass is 688 g/mol. The van der Waals surface area contributed by atoms with Gasteiger partial charge in [-0.25, -0.2) is 4.57 Å². The molecule has 278 valence electrons. The van der Waals surface area contributed by atoms with Gasteiger partial charge in [-0.15, -0.1) is 0 Å². The fourth-order valence-electron chi connectivity index (χ4n) is 5.31. The minimum absolute atomic E-state index is 0.0717. The number of hydrogen-bond donors (Lipinski definition) is 3. The number of carbonyl (C=O) groups is 1. The molecule has 0 aliphatic heterocycles. The fraction of sp³-hybridized carbons (Fsp3) is 0.868. The van der Waals surface area contributed by atoms with Gasteiger partial charge in [-0.1, -0.05) is 134 Å². The molecule has 47 heavy (non-hydrogen) atoms. The number of hydrogen-bond acceptors (Lipinski definition) is 5. The highest BCUT2D eigenvalue weighted by Crippen LogP contribution is 2.43. The van der Waals surface area contributed by atoms with E-state index in [0.717, 1.165) is 64.2 Å². The number of likely N-dealkylation sites (N-methyl/N-ethyl adjacent to an activating group) is 1. The van der Waals surface area contributed by atoms with E-state index in [9.17, 15) is 19.4 Å². The summed E-state index contributed by atoms with van der Waals surface area (Å²) in [5.41, 5.74) is 0. The molecule has 3 unspecified atom stereocenters. The number of rotatable bonds is 34. The Bertz CT molecular complexity index is 829. The molecule has 9 heteroatoms. The normalized spacial score (nSPS) is 15.0. The summed E-state index contributed by atoms with van der Waals surface area (Å²) < 4.78 is 23.5. The van der Waals surface area contributed by atoms with Crippen LogP contribution >= 0.6 is 7.82 Å². The van der Waals surface area contributed by atoms with Crippen molar-refractivity contribution in [2.75, 3.05) is 40.9 Å². The predicted molar refractivity (Wildman–Crippen MR) is 198 cm³/mol. The van der Waals surface area contributed by atoms with E-state index in [1.165, 1.54) is 70.6 Å². The fourth-order valence-corrected chi connectivity index (χ4v) is 6.04. The molecule has 0 saturated heterocycles. The first-order valence-corrected chi connectivity index (χ1v) is 20.7. The second kappa shape index (κ2) is 31.0. The van der Waals surface area contributed by atoms with Crippen LogP contribution in [0.25, 0.3) is 0 Å². The van der Waals surface area contributed by atoms with Gasteiger partial charge in [-0.3, -0.25) is 13.8 Å². The number of aliphatic hydroxyl groups excluding tert-OH is 1. The molecule has 3 N–H and O–H groups in total. The zero-order valence-corrected chi connectivity index (χ0v) is 32.2. The first-order chi connectivity index (χ1) is 22.5. The minimum atomic E-state index is -4.30. The summed E-state index contributed by atoms with van der Waals surface area (Å²) in [5, 5.41) is 13.8. The Kier molecular flexibility index (Phi) is 30.3. The summed E-state index contributed by atoms with van der Waals surface area (Å²) >= 11 is 0. The Morgan fingerprint density at radius 1 is 0.723 bits per heavy atom. The second-order valence-corrected chi connectivity index (χ2v) is 15.8. The van der Waals surface area contributed by atoms with E-state index in [0.29, 0.717) is 23.9 Å². The van der Waals surface area contributed by atoms with Gasteiger partial charge < -0.3 is 19.8 Å². The quantitative estimate of drug-likeness (QED) is 0.0269. The van der Waals surface area contributed by atoms with Crippen molar-refractivity contribution in [2.45, 2.75) is 174 Å². The number of nitrogens with zero attached hydrogens (tertiary/aromatic N) is 1. The highest BCUT2D eigenvalue weighted by Gasteiger charge is 2.28. The van der Waals surface area contributed by atoms with Crippen LogP contribution in [0.5, 0.6) is 0 Å². The summed E-state index contributed by atoms with van der Waals surface area (Å²) in [6.45, 7) is 4.81. The molecule has 0 aromatic carbocycles. The lowest BCUT2D eigenvalue weighted by Gasteiger charge is -2.26. The van der Waals surface area contributed by atoms with Crippen molar-refractivity contribution >= 4 is 13.7 Å². The lowest BCUT2D eigenvalue weighted by atomic mass is 10.0. The molecule has 8 nitrogen and oxygen atoms in total. The molecule has 1 amide bonds. The third-order valence-corrected chi connectivity index (χ3v) is 9.44. The van der Waals surface area contributed by atoms with E-state index in [-0.39, 0.29) is 19.1 Å². The standard InChI is InChI=1S/C38H75N2O6P/c1-6-8-10-12-14-16-18-19-20-21-22-24-26-28-30-32-38(42)39-36(35-46-47(43,44)45-34-33-40(3,4)5)37(41)31-29-27-25-23-17-15-13-11-9-7-2/h14,16,19-20,36-37,41H,6-13,15,17-18,21-35H2,1-5H3,(H-,39,42,43,44)/p+1/b16-14-,20-19-. The number of phosphoric ester groups is 1. The van der Waals surface area contributed by atoms with E-state index < -0.39 is 20.0 Å². The van der Waals surface area contributed by atoms with Crippen molar-refractivity contribution in [1.29, 1.82) is 0 Å². The number of quaternary nitrogens is 1. The number of aliphatic hydroxyl groups is 1. The molecule has 0 fully saturated rings. The van der Waals surface area contributed by atoms with E-state index >= 15 is 0 Å². The second-order valence-electron chi connectivity index (χ2n) is 14.3. The van der Waals surface area contributed by atoms with Gasteiger partial charge in [-0.05, 0) is 44.9 Å². The molecule has 0 aliphatic carbocycles. The summed E-state index contributed by atoms with van der Waals surface area (Å²) in [5.74, 6) is -0.162. The summed E-state index contributed by atoms with van der Waals surface area (Å²) in [7, 11) is 1.60. The Balaban J connectivity index is 4.47.